The van der Waals surface area contributed by atoms with Crippen LogP contribution in [0.4, 0.5) is 0 Å². The van der Waals surface area contributed by atoms with Crippen molar-refractivity contribution in [1.82, 2.24) is 4.90 Å². The highest BCUT2D eigenvalue weighted by atomic mass is 16.5. The van der Waals surface area contributed by atoms with Crippen molar-refractivity contribution in [2.24, 2.45) is 11.8 Å². The van der Waals surface area contributed by atoms with Gasteiger partial charge < -0.3 is 9.47 Å². The van der Waals surface area contributed by atoms with Gasteiger partial charge >= 0.3 is 11.9 Å². The van der Waals surface area contributed by atoms with Crippen molar-refractivity contribution in [2.45, 2.75) is 51.2 Å². The van der Waals surface area contributed by atoms with Gasteiger partial charge in [0, 0.05) is 25.0 Å². The summed E-state index contributed by atoms with van der Waals surface area (Å²) in [6, 6.07) is 20.8. The minimum Gasteiger partial charge on any atom is -0.469 e. The first-order valence-corrected chi connectivity index (χ1v) is 11.0. The molecule has 166 valence electrons. The SMILES string of the molecule is COC(=O)C[C@@H]1CCCC(N(Cc2ccccc2)[C@@H](C)c2ccccc2)[C@H]1C(=O)OC. The molecule has 5 nitrogen and oxygen atoms in total. The van der Waals surface area contributed by atoms with Gasteiger partial charge in [0.15, 0.2) is 0 Å². The molecule has 1 saturated carbocycles. The summed E-state index contributed by atoms with van der Waals surface area (Å²) in [5, 5.41) is 0. The molecular formula is C26H33NO4. The Morgan fingerprint density at radius 1 is 0.968 bits per heavy atom. The number of methoxy groups -OCH3 is 2. The number of rotatable bonds is 8. The maximum atomic E-state index is 13.0. The molecule has 0 radical (unpaired) electrons. The quantitative estimate of drug-likeness (QED) is 0.573. The molecule has 2 aromatic carbocycles. The molecule has 5 heteroatoms. The van der Waals surface area contributed by atoms with E-state index < -0.39 is 0 Å². The lowest BCUT2D eigenvalue weighted by Gasteiger charge is -2.45. The van der Waals surface area contributed by atoms with Crippen LogP contribution in [0.15, 0.2) is 60.7 Å². The zero-order valence-corrected chi connectivity index (χ0v) is 18.7. The molecule has 4 atom stereocenters. The average Bonchev–Trinajstić information content (AvgIpc) is 2.82. The summed E-state index contributed by atoms with van der Waals surface area (Å²) < 4.78 is 10.2. The first-order valence-electron chi connectivity index (χ1n) is 11.0. The van der Waals surface area contributed by atoms with Gasteiger partial charge in [0.2, 0.25) is 0 Å². The third kappa shape index (κ3) is 5.73. The molecule has 1 aliphatic rings. The van der Waals surface area contributed by atoms with Crippen molar-refractivity contribution in [3.8, 4) is 0 Å². The zero-order valence-electron chi connectivity index (χ0n) is 18.7. The number of ether oxygens (including phenoxy) is 2. The Kier molecular flexibility index (Phi) is 8.24. The van der Waals surface area contributed by atoms with Gasteiger partial charge in [-0.1, -0.05) is 67.1 Å². The Morgan fingerprint density at radius 2 is 1.61 bits per heavy atom. The van der Waals surface area contributed by atoms with E-state index in [1.165, 1.54) is 25.3 Å². The van der Waals surface area contributed by atoms with Crippen LogP contribution in [0.2, 0.25) is 0 Å². The molecule has 31 heavy (non-hydrogen) atoms. The summed E-state index contributed by atoms with van der Waals surface area (Å²) >= 11 is 0. The Hall–Kier alpha value is -2.66. The highest BCUT2D eigenvalue weighted by Crippen LogP contribution is 2.40. The maximum absolute atomic E-state index is 13.0. The number of hydrogen-bond acceptors (Lipinski definition) is 5. The van der Waals surface area contributed by atoms with E-state index in [2.05, 4.69) is 36.1 Å². The molecule has 2 aromatic rings. The third-order valence-corrected chi connectivity index (χ3v) is 6.54. The minimum atomic E-state index is -0.368. The molecule has 1 unspecified atom stereocenters. The van der Waals surface area contributed by atoms with Gasteiger partial charge in [-0.05, 0) is 36.8 Å². The zero-order chi connectivity index (χ0) is 22.2. The Labute approximate surface area is 185 Å². The topological polar surface area (TPSA) is 55.8 Å². The largest absolute Gasteiger partial charge is 0.469 e. The molecule has 0 heterocycles. The van der Waals surface area contributed by atoms with E-state index in [1.54, 1.807) is 0 Å². The Morgan fingerprint density at radius 3 is 2.23 bits per heavy atom. The lowest BCUT2D eigenvalue weighted by atomic mass is 9.73. The van der Waals surface area contributed by atoms with E-state index in [4.69, 9.17) is 9.47 Å². The van der Waals surface area contributed by atoms with E-state index in [0.717, 1.165) is 25.8 Å². The highest BCUT2D eigenvalue weighted by Gasteiger charge is 2.44. The van der Waals surface area contributed by atoms with Crippen molar-refractivity contribution < 1.29 is 19.1 Å². The molecule has 1 fully saturated rings. The monoisotopic (exact) mass is 423 g/mol. The van der Waals surface area contributed by atoms with E-state index in [1.807, 2.05) is 36.4 Å². The van der Waals surface area contributed by atoms with Crippen LogP contribution in [0.3, 0.4) is 0 Å². The summed E-state index contributed by atoms with van der Waals surface area (Å²) in [5.74, 6) is -0.963. The van der Waals surface area contributed by atoms with Crippen LogP contribution in [0.25, 0.3) is 0 Å². The van der Waals surface area contributed by atoms with E-state index >= 15 is 0 Å². The number of esters is 2. The molecule has 0 aliphatic heterocycles. The first-order chi connectivity index (χ1) is 15.0. The standard InChI is InChI=1S/C26H33NO4/c1-19(21-13-8-5-9-14-21)27(18-20-11-6-4-7-12-20)23-16-10-15-22(17-24(28)30-2)25(23)26(29)31-3/h4-9,11-14,19,22-23,25H,10,15-18H2,1-3H3/t19-,22-,23?,25-/m0/s1. The van der Waals surface area contributed by atoms with Crippen molar-refractivity contribution in [2.75, 3.05) is 14.2 Å². The lowest BCUT2D eigenvalue weighted by Crippen LogP contribution is -2.50. The van der Waals surface area contributed by atoms with Crippen molar-refractivity contribution in [1.29, 1.82) is 0 Å². The molecule has 0 N–H and O–H groups in total. The molecule has 0 saturated heterocycles. The molecule has 0 bridgehead atoms. The minimum absolute atomic E-state index is 0.0220. The molecule has 3 rings (SSSR count). The Bertz CT molecular complexity index is 839. The number of carbonyl (C=O) groups is 2. The summed E-state index contributed by atoms with van der Waals surface area (Å²) in [5.41, 5.74) is 2.40. The number of nitrogens with zero attached hydrogens (tertiary/aromatic N) is 1. The second-order valence-corrected chi connectivity index (χ2v) is 8.33. The smallest absolute Gasteiger partial charge is 0.310 e. The Balaban J connectivity index is 1.97. The summed E-state index contributed by atoms with van der Waals surface area (Å²) in [4.78, 5) is 27.5. The number of carbonyl (C=O) groups excluding carboxylic acids is 2. The van der Waals surface area contributed by atoms with Crippen LogP contribution in [0.1, 0.15) is 49.8 Å². The summed E-state index contributed by atoms with van der Waals surface area (Å²) in [6.45, 7) is 2.91. The van der Waals surface area contributed by atoms with Crippen LogP contribution in [-0.4, -0.2) is 37.1 Å². The van der Waals surface area contributed by atoms with E-state index in [0.29, 0.717) is 0 Å². The highest BCUT2D eigenvalue weighted by molar-refractivity contribution is 5.76. The van der Waals surface area contributed by atoms with Crippen LogP contribution in [0.5, 0.6) is 0 Å². The lowest BCUT2D eigenvalue weighted by molar-refractivity contribution is -0.155. The van der Waals surface area contributed by atoms with Crippen LogP contribution in [0, 0.1) is 11.8 Å². The van der Waals surface area contributed by atoms with Crippen LogP contribution >= 0.6 is 0 Å². The van der Waals surface area contributed by atoms with Gasteiger partial charge in [-0.3, -0.25) is 14.5 Å². The van der Waals surface area contributed by atoms with Gasteiger partial charge in [0.05, 0.1) is 20.1 Å². The predicted molar refractivity (Wildman–Crippen MR) is 120 cm³/mol. The summed E-state index contributed by atoms with van der Waals surface area (Å²) in [6.07, 6.45) is 2.92. The normalized spacial score (nSPS) is 22.0. The van der Waals surface area contributed by atoms with Crippen molar-refractivity contribution >= 4 is 11.9 Å². The molecule has 0 amide bonds. The van der Waals surface area contributed by atoms with E-state index in [-0.39, 0.29) is 42.3 Å². The fourth-order valence-corrected chi connectivity index (χ4v) is 4.91. The second-order valence-electron chi connectivity index (χ2n) is 8.33. The van der Waals surface area contributed by atoms with Crippen molar-refractivity contribution in [3.05, 3.63) is 71.8 Å². The maximum Gasteiger partial charge on any atom is 0.310 e. The van der Waals surface area contributed by atoms with Gasteiger partial charge in [-0.25, -0.2) is 0 Å². The van der Waals surface area contributed by atoms with Gasteiger partial charge in [0.25, 0.3) is 0 Å². The van der Waals surface area contributed by atoms with Gasteiger partial charge in [0.1, 0.15) is 0 Å². The van der Waals surface area contributed by atoms with Crippen LogP contribution in [-0.2, 0) is 25.6 Å². The van der Waals surface area contributed by atoms with E-state index in [9.17, 15) is 9.59 Å². The van der Waals surface area contributed by atoms with Gasteiger partial charge in [-0.15, -0.1) is 0 Å². The average molecular weight is 424 g/mol. The summed E-state index contributed by atoms with van der Waals surface area (Å²) in [7, 11) is 2.83. The fourth-order valence-electron chi connectivity index (χ4n) is 4.91. The van der Waals surface area contributed by atoms with Crippen molar-refractivity contribution in [3.63, 3.8) is 0 Å². The second kappa shape index (κ2) is 11.1. The molecule has 0 spiro atoms. The molecular weight excluding hydrogens is 390 g/mol. The fraction of sp³-hybridized carbons (Fsp3) is 0.462. The van der Waals surface area contributed by atoms with Gasteiger partial charge in [-0.2, -0.15) is 0 Å². The number of hydrogen-bond donors (Lipinski definition) is 0. The first kappa shape index (κ1) is 23.0. The molecule has 0 aromatic heterocycles. The van der Waals surface area contributed by atoms with Crippen LogP contribution < -0.4 is 0 Å². The number of benzene rings is 2. The molecule has 1 aliphatic carbocycles. The third-order valence-electron chi connectivity index (χ3n) is 6.54. The predicted octanol–water partition coefficient (Wildman–Crippen LogP) is 4.77.